The zero-order valence-corrected chi connectivity index (χ0v) is 8.29. The van der Waals surface area contributed by atoms with Gasteiger partial charge in [0, 0.05) is 6.04 Å². The van der Waals surface area contributed by atoms with Crippen LogP contribution in [0.2, 0.25) is 0 Å². The Bertz CT molecular complexity index is 241. The summed E-state index contributed by atoms with van der Waals surface area (Å²) in [4.78, 5) is 0. The maximum atomic E-state index is 5.34. The van der Waals surface area contributed by atoms with Crippen LogP contribution in [0.15, 0.2) is 35.5 Å². The molecule has 13 heavy (non-hydrogen) atoms. The first kappa shape index (κ1) is 10.1. The third-order valence-corrected chi connectivity index (χ3v) is 2.11. The molecular formula is C11H17NO. The standard InChI is InChI=1S/C11H17NO/c1-4-9(3)12-10(5-2)11-7-6-8-13-11/h4,6-10,12H,1,5H2,2-3H3. The molecule has 2 atom stereocenters. The highest BCUT2D eigenvalue weighted by Gasteiger charge is 2.12. The summed E-state index contributed by atoms with van der Waals surface area (Å²) in [6, 6.07) is 4.52. The fraction of sp³-hybridized carbons (Fsp3) is 0.455. The van der Waals surface area contributed by atoms with Gasteiger partial charge < -0.3 is 9.73 Å². The molecule has 0 aliphatic carbocycles. The van der Waals surface area contributed by atoms with Gasteiger partial charge in [-0.05, 0) is 25.5 Å². The largest absolute Gasteiger partial charge is 0.468 e. The van der Waals surface area contributed by atoms with Crippen molar-refractivity contribution >= 4 is 0 Å². The Balaban J connectivity index is 2.58. The van der Waals surface area contributed by atoms with Crippen molar-refractivity contribution in [1.82, 2.24) is 5.32 Å². The van der Waals surface area contributed by atoms with Crippen LogP contribution in [0.5, 0.6) is 0 Å². The van der Waals surface area contributed by atoms with Crippen LogP contribution in [-0.4, -0.2) is 6.04 Å². The first-order chi connectivity index (χ1) is 6.27. The second-order valence-corrected chi connectivity index (χ2v) is 3.17. The van der Waals surface area contributed by atoms with E-state index in [-0.39, 0.29) is 0 Å². The molecule has 0 spiro atoms. The van der Waals surface area contributed by atoms with Crippen LogP contribution in [-0.2, 0) is 0 Å². The zero-order valence-electron chi connectivity index (χ0n) is 8.29. The van der Waals surface area contributed by atoms with Gasteiger partial charge in [0.2, 0.25) is 0 Å². The molecule has 0 bridgehead atoms. The summed E-state index contributed by atoms with van der Waals surface area (Å²) >= 11 is 0. The second kappa shape index (κ2) is 4.87. The Labute approximate surface area is 79.6 Å². The lowest BCUT2D eigenvalue weighted by Gasteiger charge is -2.17. The van der Waals surface area contributed by atoms with Crippen molar-refractivity contribution in [3.05, 3.63) is 36.8 Å². The van der Waals surface area contributed by atoms with Crippen molar-refractivity contribution in [3.63, 3.8) is 0 Å². The molecule has 0 radical (unpaired) electrons. The maximum absolute atomic E-state index is 5.34. The topological polar surface area (TPSA) is 25.2 Å². The molecule has 1 heterocycles. The summed E-state index contributed by atoms with van der Waals surface area (Å²) in [7, 11) is 0. The van der Waals surface area contributed by atoms with Crippen molar-refractivity contribution in [1.29, 1.82) is 0 Å². The molecule has 0 aromatic carbocycles. The highest BCUT2D eigenvalue weighted by atomic mass is 16.3. The van der Waals surface area contributed by atoms with E-state index in [1.165, 1.54) is 0 Å². The number of nitrogens with one attached hydrogen (secondary N) is 1. The van der Waals surface area contributed by atoms with Crippen LogP contribution in [0.1, 0.15) is 32.1 Å². The lowest BCUT2D eigenvalue weighted by atomic mass is 10.1. The van der Waals surface area contributed by atoms with Gasteiger partial charge in [-0.2, -0.15) is 0 Å². The quantitative estimate of drug-likeness (QED) is 0.703. The van der Waals surface area contributed by atoms with Crippen LogP contribution >= 0.6 is 0 Å². The van der Waals surface area contributed by atoms with Crippen LogP contribution in [0.3, 0.4) is 0 Å². The van der Waals surface area contributed by atoms with Gasteiger partial charge >= 0.3 is 0 Å². The third-order valence-electron chi connectivity index (χ3n) is 2.11. The van der Waals surface area contributed by atoms with E-state index in [0.717, 1.165) is 12.2 Å². The average Bonchev–Trinajstić information content (AvgIpc) is 2.66. The lowest BCUT2D eigenvalue weighted by molar-refractivity contribution is 0.392. The van der Waals surface area contributed by atoms with Crippen molar-refractivity contribution in [2.45, 2.75) is 32.4 Å². The summed E-state index contributed by atoms with van der Waals surface area (Å²) in [6.07, 6.45) is 4.62. The summed E-state index contributed by atoms with van der Waals surface area (Å²) in [5.74, 6) is 0.996. The first-order valence-corrected chi connectivity index (χ1v) is 4.70. The molecule has 1 rings (SSSR count). The maximum Gasteiger partial charge on any atom is 0.120 e. The highest BCUT2D eigenvalue weighted by molar-refractivity contribution is 5.05. The monoisotopic (exact) mass is 179 g/mol. The highest BCUT2D eigenvalue weighted by Crippen LogP contribution is 2.17. The van der Waals surface area contributed by atoms with Crippen molar-refractivity contribution in [3.8, 4) is 0 Å². The predicted molar refractivity (Wildman–Crippen MR) is 54.5 cm³/mol. The molecule has 2 unspecified atom stereocenters. The molecule has 0 fully saturated rings. The van der Waals surface area contributed by atoms with Gasteiger partial charge in [0.05, 0.1) is 12.3 Å². The predicted octanol–water partition coefficient (Wildman–Crippen LogP) is 2.89. The molecule has 2 heteroatoms. The molecule has 0 aliphatic rings. The van der Waals surface area contributed by atoms with E-state index in [9.17, 15) is 0 Å². The van der Waals surface area contributed by atoms with Crippen molar-refractivity contribution < 1.29 is 4.42 Å². The minimum absolute atomic E-state index is 0.294. The smallest absolute Gasteiger partial charge is 0.120 e. The molecular weight excluding hydrogens is 162 g/mol. The Morgan fingerprint density at radius 2 is 2.46 bits per heavy atom. The second-order valence-electron chi connectivity index (χ2n) is 3.17. The molecule has 72 valence electrons. The molecule has 0 saturated carbocycles. The molecule has 0 amide bonds. The van der Waals surface area contributed by atoms with E-state index in [0.29, 0.717) is 12.1 Å². The van der Waals surface area contributed by atoms with E-state index >= 15 is 0 Å². The molecule has 2 nitrogen and oxygen atoms in total. The van der Waals surface area contributed by atoms with E-state index < -0.39 is 0 Å². The van der Waals surface area contributed by atoms with Crippen LogP contribution in [0, 0.1) is 0 Å². The lowest BCUT2D eigenvalue weighted by Crippen LogP contribution is -2.28. The minimum atomic E-state index is 0.294. The van der Waals surface area contributed by atoms with Gasteiger partial charge in [-0.15, -0.1) is 6.58 Å². The van der Waals surface area contributed by atoms with Gasteiger partial charge in [-0.25, -0.2) is 0 Å². The van der Waals surface area contributed by atoms with Crippen LogP contribution < -0.4 is 5.32 Å². The van der Waals surface area contributed by atoms with Gasteiger partial charge in [-0.3, -0.25) is 0 Å². The van der Waals surface area contributed by atoms with E-state index in [2.05, 4.69) is 25.7 Å². The van der Waals surface area contributed by atoms with E-state index in [4.69, 9.17) is 4.42 Å². The van der Waals surface area contributed by atoms with E-state index in [1.54, 1.807) is 6.26 Å². The molecule has 1 aromatic heterocycles. The average molecular weight is 179 g/mol. The van der Waals surface area contributed by atoms with Crippen molar-refractivity contribution in [2.24, 2.45) is 0 Å². The summed E-state index contributed by atoms with van der Waals surface area (Å²) in [6.45, 7) is 7.95. The van der Waals surface area contributed by atoms with Gasteiger partial charge in [-0.1, -0.05) is 13.0 Å². The Morgan fingerprint density at radius 1 is 1.69 bits per heavy atom. The van der Waals surface area contributed by atoms with Crippen LogP contribution in [0.25, 0.3) is 0 Å². The normalized spacial score (nSPS) is 15.2. The molecule has 0 aliphatic heterocycles. The number of furan rings is 1. The third kappa shape index (κ3) is 2.74. The van der Waals surface area contributed by atoms with Crippen LogP contribution in [0.4, 0.5) is 0 Å². The van der Waals surface area contributed by atoms with E-state index in [1.807, 2.05) is 18.2 Å². The van der Waals surface area contributed by atoms with Gasteiger partial charge in [0.1, 0.15) is 5.76 Å². The Hall–Kier alpha value is -1.02. The summed E-state index contributed by atoms with van der Waals surface area (Å²) < 4.78 is 5.34. The van der Waals surface area contributed by atoms with Crippen molar-refractivity contribution in [2.75, 3.05) is 0 Å². The number of hydrogen-bond acceptors (Lipinski definition) is 2. The summed E-state index contributed by atoms with van der Waals surface area (Å²) in [5, 5.41) is 3.41. The molecule has 1 N–H and O–H groups in total. The Morgan fingerprint density at radius 3 is 2.92 bits per heavy atom. The molecule has 1 aromatic rings. The van der Waals surface area contributed by atoms with Gasteiger partial charge in [0.25, 0.3) is 0 Å². The summed E-state index contributed by atoms with van der Waals surface area (Å²) in [5.41, 5.74) is 0. The minimum Gasteiger partial charge on any atom is -0.468 e. The SMILES string of the molecule is C=CC(C)NC(CC)c1ccco1. The Kier molecular flexibility index (Phi) is 3.77. The zero-order chi connectivity index (χ0) is 9.68. The molecule has 0 saturated heterocycles. The number of hydrogen-bond donors (Lipinski definition) is 1. The number of rotatable bonds is 5. The van der Waals surface area contributed by atoms with Gasteiger partial charge in [0.15, 0.2) is 0 Å². The first-order valence-electron chi connectivity index (χ1n) is 4.70. The fourth-order valence-corrected chi connectivity index (χ4v) is 1.28. The fourth-order valence-electron chi connectivity index (χ4n) is 1.28.